The highest BCUT2D eigenvalue weighted by atomic mass is 35.5. The number of rotatable bonds is 5. The van der Waals surface area contributed by atoms with Gasteiger partial charge in [-0.1, -0.05) is 47.1 Å². The SMILES string of the molecule is COc1cccc(C2NC(=S)N(c3ccccc3)C(C)=C2c2nc(-c3ccc(Cl)cc3)no2)c1. The van der Waals surface area contributed by atoms with Crippen molar-refractivity contribution in [1.82, 2.24) is 15.5 Å². The summed E-state index contributed by atoms with van der Waals surface area (Å²) in [6, 6.07) is 24.8. The molecule has 0 amide bonds. The van der Waals surface area contributed by atoms with Crippen LogP contribution in [0.4, 0.5) is 5.69 Å². The number of benzene rings is 3. The summed E-state index contributed by atoms with van der Waals surface area (Å²) in [5.41, 5.74) is 4.45. The summed E-state index contributed by atoms with van der Waals surface area (Å²) in [5.74, 6) is 1.64. The molecule has 1 aliphatic rings. The molecule has 1 aromatic heterocycles. The molecule has 0 saturated heterocycles. The molecule has 2 heterocycles. The molecule has 0 spiro atoms. The fourth-order valence-electron chi connectivity index (χ4n) is 4.03. The number of ether oxygens (including phenoxy) is 1. The lowest BCUT2D eigenvalue weighted by Crippen LogP contribution is -2.46. The van der Waals surface area contributed by atoms with Crippen LogP contribution in [0.2, 0.25) is 5.02 Å². The van der Waals surface area contributed by atoms with Crippen LogP contribution in [0.3, 0.4) is 0 Å². The maximum absolute atomic E-state index is 6.04. The van der Waals surface area contributed by atoms with Gasteiger partial charge in [-0.05, 0) is 73.2 Å². The minimum absolute atomic E-state index is 0.305. The van der Waals surface area contributed by atoms with Gasteiger partial charge in [-0.3, -0.25) is 4.90 Å². The van der Waals surface area contributed by atoms with Crippen molar-refractivity contribution in [3.63, 3.8) is 0 Å². The van der Waals surface area contributed by atoms with Crippen molar-refractivity contribution in [2.75, 3.05) is 12.0 Å². The van der Waals surface area contributed by atoms with Gasteiger partial charge >= 0.3 is 0 Å². The lowest BCUT2D eigenvalue weighted by molar-refractivity contribution is 0.403. The van der Waals surface area contributed by atoms with Crippen LogP contribution in [-0.2, 0) is 0 Å². The average molecular weight is 489 g/mol. The van der Waals surface area contributed by atoms with Gasteiger partial charge in [0.2, 0.25) is 5.82 Å². The summed E-state index contributed by atoms with van der Waals surface area (Å²) in [4.78, 5) is 6.72. The quantitative estimate of drug-likeness (QED) is 0.332. The van der Waals surface area contributed by atoms with Crippen LogP contribution in [0.1, 0.15) is 24.4 Å². The smallest absolute Gasteiger partial charge is 0.258 e. The van der Waals surface area contributed by atoms with Gasteiger partial charge in [-0.25, -0.2) is 0 Å². The fourth-order valence-corrected chi connectivity index (χ4v) is 4.51. The summed E-state index contributed by atoms with van der Waals surface area (Å²) < 4.78 is 11.2. The van der Waals surface area contributed by atoms with E-state index in [2.05, 4.69) is 10.5 Å². The van der Waals surface area contributed by atoms with E-state index in [9.17, 15) is 0 Å². The Kier molecular flexibility index (Phi) is 6.04. The van der Waals surface area contributed by atoms with Crippen molar-refractivity contribution in [2.24, 2.45) is 0 Å². The molecule has 6 nitrogen and oxygen atoms in total. The van der Waals surface area contributed by atoms with Crippen molar-refractivity contribution in [3.8, 4) is 17.1 Å². The summed E-state index contributed by atoms with van der Waals surface area (Å²) in [6.07, 6.45) is 0. The number of thiocarbonyl (C=S) groups is 1. The molecule has 1 atom stereocenters. The number of aromatic nitrogens is 2. The number of hydrogen-bond acceptors (Lipinski definition) is 5. The minimum atomic E-state index is -0.305. The van der Waals surface area contributed by atoms with Crippen LogP contribution in [0.5, 0.6) is 5.75 Å². The van der Waals surface area contributed by atoms with E-state index >= 15 is 0 Å². The van der Waals surface area contributed by atoms with E-state index in [0.717, 1.165) is 33.8 Å². The molecule has 0 bridgehead atoms. The third-order valence-corrected chi connectivity index (χ3v) is 6.24. The molecule has 1 aliphatic heterocycles. The van der Waals surface area contributed by atoms with Crippen LogP contribution in [0.15, 0.2) is 89.1 Å². The summed E-state index contributed by atoms with van der Waals surface area (Å²) >= 11 is 11.8. The lowest BCUT2D eigenvalue weighted by atomic mass is 9.94. The van der Waals surface area contributed by atoms with E-state index < -0.39 is 0 Å². The summed E-state index contributed by atoms with van der Waals surface area (Å²) in [6.45, 7) is 2.01. The maximum Gasteiger partial charge on any atom is 0.258 e. The van der Waals surface area contributed by atoms with E-state index in [4.69, 9.17) is 38.1 Å². The number of para-hydroxylation sites is 1. The predicted molar refractivity (Wildman–Crippen MR) is 138 cm³/mol. The normalized spacial score (nSPS) is 15.9. The Bertz CT molecular complexity index is 1370. The molecular formula is C26H21ClN4O2S. The number of methoxy groups -OCH3 is 1. The Morgan fingerprint density at radius 2 is 1.79 bits per heavy atom. The highest BCUT2D eigenvalue weighted by Crippen LogP contribution is 2.39. The maximum atomic E-state index is 6.04. The van der Waals surface area contributed by atoms with Crippen LogP contribution in [0, 0.1) is 0 Å². The second-order valence-electron chi connectivity index (χ2n) is 7.76. The number of hydrogen-bond donors (Lipinski definition) is 1. The fraction of sp³-hybridized carbons (Fsp3) is 0.115. The van der Waals surface area contributed by atoms with Crippen molar-refractivity contribution in [1.29, 1.82) is 0 Å². The van der Waals surface area contributed by atoms with E-state index in [1.807, 2.05) is 78.6 Å². The van der Waals surface area contributed by atoms with Gasteiger partial charge in [0, 0.05) is 22.0 Å². The van der Waals surface area contributed by atoms with E-state index in [0.29, 0.717) is 21.9 Å². The first-order chi connectivity index (χ1) is 16.5. The molecule has 34 heavy (non-hydrogen) atoms. The zero-order valence-corrected chi connectivity index (χ0v) is 20.1. The van der Waals surface area contributed by atoms with Gasteiger partial charge in [0.25, 0.3) is 5.89 Å². The molecular weight excluding hydrogens is 468 g/mol. The highest BCUT2D eigenvalue weighted by molar-refractivity contribution is 7.80. The van der Waals surface area contributed by atoms with Crippen molar-refractivity contribution < 1.29 is 9.26 Å². The number of nitrogens with one attached hydrogen (secondary N) is 1. The molecule has 0 fully saturated rings. The second kappa shape index (κ2) is 9.29. The second-order valence-corrected chi connectivity index (χ2v) is 8.58. The van der Waals surface area contributed by atoms with Crippen LogP contribution >= 0.6 is 23.8 Å². The molecule has 0 aliphatic carbocycles. The Morgan fingerprint density at radius 1 is 1.03 bits per heavy atom. The molecule has 8 heteroatoms. The largest absolute Gasteiger partial charge is 0.497 e. The van der Waals surface area contributed by atoms with Crippen molar-refractivity contribution in [3.05, 3.63) is 101 Å². The van der Waals surface area contributed by atoms with Crippen LogP contribution in [0.25, 0.3) is 17.0 Å². The van der Waals surface area contributed by atoms with Gasteiger partial charge in [0.1, 0.15) is 5.75 Å². The summed E-state index contributed by atoms with van der Waals surface area (Å²) in [7, 11) is 1.65. The lowest BCUT2D eigenvalue weighted by Gasteiger charge is -2.37. The van der Waals surface area contributed by atoms with Crippen LogP contribution in [-0.4, -0.2) is 22.4 Å². The topological polar surface area (TPSA) is 63.4 Å². The van der Waals surface area contributed by atoms with Gasteiger partial charge in [-0.15, -0.1) is 0 Å². The molecule has 0 saturated carbocycles. The number of allylic oxidation sites excluding steroid dienone is 1. The number of nitrogens with zero attached hydrogens (tertiary/aromatic N) is 3. The Hall–Kier alpha value is -3.68. The molecule has 5 rings (SSSR count). The molecule has 4 aromatic rings. The van der Waals surface area contributed by atoms with Crippen molar-refractivity contribution >= 4 is 40.2 Å². The standard InChI is InChI=1S/C26H21ClN4O2S/c1-16-22(25-29-24(30-33-25)17-11-13-19(27)14-12-17)23(18-7-6-10-21(15-18)32-2)28-26(34)31(16)20-8-4-3-5-9-20/h3-15,23H,1-2H3,(H,28,34). The van der Waals surface area contributed by atoms with Crippen molar-refractivity contribution in [2.45, 2.75) is 13.0 Å². The molecule has 170 valence electrons. The molecule has 1 N–H and O–H groups in total. The van der Waals surface area contributed by atoms with Gasteiger partial charge < -0.3 is 14.6 Å². The first kappa shape index (κ1) is 22.1. The highest BCUT2D eigenvalue weighted by Gasteiger charge is 2.35. The van der Waals surface area contributed by atoms with E-state index in [-0.39, 0.29) is 6.04 Å². The zero-order valence-electron chi connectivity index (χ0n) is 18.5. The number of halogens is 1. The number of anilines is 1. The molecule has 1 unspecified atom stereocenters. The Labute approximate surface area is 207 Å². The molecule has 0 radical (unpaired) electrons. The summed E-state index contributed by atoms with van der Waals surface area (Å²) in [5, 5.41) is 8.93. The molecule has 3 aromatic carbocycles. The first-order valence-electron chi connectivity index (χ1n) is 10.7. The van der Waals surface area contributed by atoms with Gasteiger partial charge in [0.05, 0.1) is 18.7 Å². The van der Waals surface area contributed by atoms with E-state index in [1.165, 1.54) is 0 Å². The Morgan fingerprint density at radius 3 is 2.53 bits per heavy atom. The third kappa shape index (κ3) is 4.16. The zero-order chi connectivity index (χ0) is 23.7. The predicted octanol–water partition coefficient (Wildman–Crippen LogP) is 6.27. The monoisotopic (exact) mass is 488 g/mol. The van der Waals surface area contributed by atoms with E-state index in [1.54, 1.807) is 19.2 Å². The Balaban J connectivity index is 1.65. The third-order valence-electron chi connectivity index (χ3n) is 5.69. The average Bonchev–Trinajstić information content (AvgIpc) is 3.34. The van der Waals surface area contributed by atoms with Gasteiger partial charge in [-0.2, -0.15) is 4.98 Å². The minimum Gasteiger partial charge on any atom is -0.497 e. The van der Waals surface area contributed by atoms with Gasteiger partial charge in [0.15, 0.2) is 5.11 Å². The first-order valence-corrected chi connectivity index (χ1v) is 11.4. The van der Waals surface area contributed by atoms with Crippen LogP contribution < -0.4 is 15.0 Å².